The molecule has 3 aromatic rings. The van der Waals surface area contributed by atoms with Crippen LogP contribution in [0, 0.1) is 0 Å². The minimum absolute atomic E-state index is 0.123. The number of benzene rings is 1. The molecule has 0 amide bonds. The van der Waals surface area contributed by atoms with Crippen molar-refractivity contribution in [3.05, 3.63) is 60.6 Å². The van der Waals surface area contributed by atoms with Crippen molar-refractivity contribution in [2.45, 2.75) is 12.5 Å². The number of methoxy groups -OCH3 is 1. The molecular weight excluding hydrogens is 408 g/mol. The second kappa shape index (κ2) is 9.16. The van der Waals surface area contributed by atoms with Crippen molar-refractivity contribution in [1.82, 2.24) is 19.0 Å². The van der Waals surface area contributed by atoms with Crippen LogP contribution in [0.4, 0.5) is 0 Å². The van der Waals surface area contributed by atoms with Gasteiger partial charge in [-0.2, -0.15) is 17.4 Å². The van der Waals surface area contributed by atoms with Gasteiger partial charge in [-0.15, -0.1) is 0 Å². The normalized spacial score (nSPS) is 12.7. The van der Waals surface area contributed by atoms with E-state index in [2.05, 4.69) is 14.7 Å². The van der Waals surface area contributed by atoms with Gasteiger partial charge in [0.25, 0.3) is 10.2 Å². The van der Waals surface area contributed by atoms with Crippen LogP contribution in [0.3, 0.4) is 0 Å². The number of rotatable bonds is 8. The van der Waals surface area contributed by atoms with Crippen LogP contribution in [0.25, 0.3) is 10.8 Å². The predicted octanol–water partition coefficient (Wildman–Crippen LogP) is 1.90. The van der Waals surface area contributed by atoms with Crippen molar-refractivity contribution in [2.24, 2.45) is 0 Å². The van der Waals surface area contributed by atoms with Crippen molar-refractivity contribution in [3.8, 4) is 11.6 Å². The molecule has 0 fully saturated rings. The highest BCUT2D eigenvalue weighted by molar-refractivity contribution is 7.87. The van der Waals surface area contributed by atoms with Gasteiger partial charge in [0.2, 0.25) is 5.88 Å². The SMILES string of the molecule is COC(=O)C(Cc1ccc(Oc2nccc3cnccc23)cc1)NS(=O)(=O)N(C)C. The van der Waals surface area contributed by atoms with E-state index in [0.717, 1.165) is 20.6 Å². The van der Waals surface area contributed by atoms with Crippen LogP contribution in [0.2, 0.25) is 0 Å². The van der Waals surface area contributed by atoms with Gasteiger partial charge >= 0.3 is 5.97 Å². The van der Waals surface area contributed by atoms with E-state index in [4.69, 9.17) is 9.47 Å². The number of carbonyl (C=O) groups is 1. The minimum Gasteiger partial charge on any atom is -0.468 e. The molecule has 0 spiro atoms. The fourth-order valence-electron chi connectivity index (χ4n) is 2.71. The van der Waals surface area contributed by atoms with Gasteiger partial charge in [0.1, 0.15) is 11.8 Å². The molecule has 0 aliphatic carbocycles. The number of nitrogens with one attached hydrogen (secondary N) is 1. The first-order chi connectivity index (χ1) is 14.3. The molecule has 9 nitrogen and oxygen atoms in total. The number of hydrogen-bond donors (Lipinski definition) is 1. The lowest BCUT2D eigenvalue weighted by Gasteiger charge is -2.19. The van der Waals surface area contributed by atoms with Crippen LogP contribution in [-0.4, -0.2) is 55.9 Å². The zero-order chi connectivity index (χ0) is 21.7. The lowest BCUT2D eigenvalue weighted by molar-refractivity contribution is -0.142. The summed E-state index contributed by atoms with van der Waals surface area (Å²) in [5, 5.41) is 1.74. The van der Waals surface area contributed by atoms with E-state index < -0.39 is 22.2 Å². The summed E-state index contributed by atoms with van der Waals surface area (Å²) in [5.41, 5.74) is 0.731. The maximum Gasteiger partial charge on any atom is 0.324 e. The number of pyridine rings is 2. The molecule has 1 aromatic carbocycles. The van der Waals surface area contributed by atoms with Crippen LogP contribution in [0.15, 0.2) is 55.0 Å². The first-order valence-corrected chi connectivity index (χ1v) is 10.5. The average molecular weight is 430 g/mol. The average Bonchev–Trinajstić information content (AvgIpc) is 2.74. The number of nitrogens with zero attached hydrogens (tertiary/aromatic N) is 3. The lowest BCUT2D eigenvalue weighted by atomic mass is 10.1. The van der Waals surface area contributed by atoms with Gasteiger partial charge in [-0.3, -0.25) is 9.78 Å². The summed E-state index contributed by atoms with van der Waals surface area (Å²) in [6, 6.07) is 9.58. The van der Waals surface area contributed by atoms with Crippen molar-refractivity contribution in [1.29, 1.82) is 0 Å². The molecule has 1 N–H and O–H groups in total. The Balaban J connectivity index is 1.76. The Labute approximate surface area is 174 Å². The summed E-state index contributed by atoms with van der Waals surface area (Å²) in [5.74, 6) is 0.335. The fourth-order valence-corrected chi connectivity index (χ4v) is 3.46. The lowest BCUT2D eigenvalue weighted by Crippen LogP contribution is -2.47. The van der Waals surface area contributed by atoms with E-state index in [1.807, 2.05) is 12.1 Å². The summed E-state index contributed by atoms with van der Waals surface area (Å²) in [4.78, 5) is 20.4. The van der Waals surface area contributed by atoms with E-state index >= 15 is 0 Å². The van der Waals surface area contributed by atoms with Gasteiger partial charge in [-0.1, -0.05) is 12.1 Å². The Hall–Kier alpha value is -3.08. The Kier molecular flexibility index (Phi) is 6.60. The Morgan fingerprint density at radius 1 is 1.13 bits per heavy atom. The molecule has 30 heavy (non-hydrogen) atoms. The summed E-state index contributed by atoms with van der Waals surface area (Å²) >= 11 is 0. The molecular formula is C20H22N4O5S. The van der Waals surface area contributed by atoms with Crippen LogP contribution in [0.5, 0.6) is 11.6 Å². The van der Waals surface area contributed by atoms with Crippen molar-refractivity contribution in [2.75, 3.05) is 21.2 Å². The number of carbonyl (C=O) groups excluding carboxylic acids is 1. The molecule has 2 aromatic heterocycles. The third-order valence-electron chi connectivity index (χ3n) is 4.36. The molecule has 3 rings (SSSR count). The number of hydrogen-bond acceptors (Lipinski definition) is 7. The fraction of sp³-hybridized carbons (Fsp3) is 0.250. The van der Waals surface area contributed by atoms with Crippen LogP contribution >= 0.6 is 0 Å². The molecule has 1 unspecified atom stereocenters. The van der Waals surface area contributed by atoms with E-state index in [-0.39, 0.29) is 6.42 Å². The largest absolute Gasteiger partial charge is 0.468 e. The van der Waals surface area contributed by atoms with E-state index in [1.54, 1.807) is 42.9 Å². The quantitative estimate of drug-likeness (QED) is 0.544. The molecule has 0 bridgehead atoms. The zero-order valence-electron chi connectivity index (χ0n) is 16.8. The Bertz CT molecular complexity index is 1130. The molecule has 158 valence electrons. The van der Waals surface area contributed by atoms with E-state index in [1.165, 1.54) is 21.2 Å². The van der Waals surface area contributed by atoms with Crippen LogP contribution in [0.1, 0.15) is 5.56 Å². The minimum atomic E-state index is -3.80. The maximum absolute atomic E-state index is 12.1. The monoisotopic (exact) mass is 430 g/mol. The number of ether oxygens (including phenoxy) is 2. The highest BCUT2D eigenvalue weighted by Gasteiger charge is 2.26. The number of esters is 1. The molecule has 10 heteroatoms. The zero-order valence-corrected chi connectivity index (χ0v) is 17.6. The van der Waals surface area contributed by atoms with Gasteiger partial charge in [0, 0.05) is 43.5 Å². The summed E-state index contributed by atoms with van der Waals surface area (Å²) in [7, 11) is 0.164. The molecule has 0 saturated heterocycles. The summed E-state index contributed by atoms with van der Waals surface area (Å²) < 4.78 is 38.1. The van der Waals surface area contributed by atoms with Gasteiger partial charge in [0.15, 0.2) is 0 Å². The molecule has 0 saturated carbocycles. The molecule has 1 atom stereocenters. The molecule has 0 aliphatic rings. The standard InChI is InChI=1S/C20H22N4O5S/c1-24(2)30(26,27)23-18(20(25)28-3)12-14-4-6-16(7-5-14)29-19-17-9-10-21-13-15(17)8-11-22-19/h4-11,13,18,23H,12H2,1-3H3. The Morgan fingerprint density at radius 3 is 2.53 bits per heavy atom. The van der Waals surface area contributed by atoms with Crippen molar-refractivity contribution >= 4 is 27.0 Å². The highest BCUT2D eigenvalue weighted by atomic mass is 32.2. The maximum atomic E-state index is 12.1. The number of fused-ring (bicyclic) bond motifs is 1. The predicted molar refractivity (Wildman–Crippen MR) is 111 cm³/mol. The van der Waals surface area contributed by atoms with Crippen LogP contribution < -0.4 is 9.46 Å². The first-order valence-electron chi connectivity index (χ1n) is 9.03. The summed E-state index contributed by atoms with van der Waals surface area (Å²) in [6.07, 6.45) is 5.17. The topological polar surface area (TPSA) is 111 Å². The third-order valence-corrected chi connectivity index (χ3v) is 5.91. The van der Waals surface area contributed by atoms with Gasteiger partial charge < -0.3 is 9.47 Å². The van der Waals surface area contributed by atoms with Gasteiger partial charge in [0.05, 0.1) is 7.11 Å². The Morgan fingerprint density at radius 2 is 1.87 bits per heavy atom. The second-order valence-electron chi connectivity index (χ2n) is 6.64. The van der Waals surface area contributed by atoms with Gasteiger partial charge in [-0.05, 0) is 36.2 Å². The van der Waals surface area contributed by atoms with Crippen molar-refractivity contribution in [3.63, 3.8) is 0 Å². The summed E-state index contributed by atoms with van der Waals surface area (Å²) in [6.45, 7) is 0. The number of aromatic nitrogens is 2. The molecule has 0 radical (unpaired) electrons. The van der Waals surface area contributed by atoms with Gasteiger partial charge in [-0.25, -0.2) is 4.98 Å². The first kappa shape index (κ1) is 21.6. The smallest absolute Gasteiger partial charge is 0.324 e. The van der Waals surface area contributed by atoms with E-state index in [0.29, 0.717) is 11.6 Å². The molecule has 2 heterocycles. The molecule has 0 aliphatic heterocycles. The highest BCUT2D eigenvalue weighted by Crippen LogP contribution is 2.27. The third kappa shape index (κ3) is 5.09. The van der Waals surface area contributed by atoms with Crippen molar-refractivity contribution < 1.29 is 22.7 Å². The van der Waals surface area contributed by atoms with E-state index in [9.17, 15) is 13.2 Å². The van der Waals surface area contributed by atoms with Crippen LogP contribution in [-0.2, 0) is 26.2 Å². The second-order valence-corrected chi connectivity index (χ2v) is 8.56.